The molecule has 3 rings (SSSR count). The topological polar surface area (TPSA) is 87.7 Å². The Kier molecular flexibility index (Phi) is 5.44. The minimum absolute atomic E-state index is 0.0371. The molecule has 0 radical (unpaired) electrons. The van der Waals surface area contributed by atoms with Crippen LogP contribution in [0.4, 0.5) is 0 Å². The molecule has 0 saturated carbocycles. The zero-order valence-corrected chi connectivity index (χ0v) is 15.0. The maximum Gasteiger partial charge on any atom is 0.251 e. The van der Waals surface area contributed by atoms with E-state index in [1.54, 1.807) is 31.4 Å². The van der Waals surface area contributed by atoms with Crippen molar-refractivity contribution in [1.29, 1.82) is 0 Å². The molecule has 140 valence electrons. The van der Waals surface area contributed by atoms with Gasteiger partial charge in [0.1, 0.15) is 5.75 Å². The second-order valence-corrected chi connectivity index (χ2v) is 6.95. The van der Waals surface area contributed by atoms with E-state index in [2.05, 4.69) is 10.6 Å². The standard InChI is InChI=1S/C19H25N3O4/c1-26-15-4-2-3-14(13-15)18(25)20-10-6-17(24)22-11-8-19(9-12-22)7-5-16(23)21-19/h2-4,13H,5-12H2,1H3,(H,20,25)(H,21,23). The summed E-state index contributed by atoms with van der Waals surface area (Å²) in [6, 6.07) is 6.90. The number of nitrogens with zero attached hydrogens (tertiary/aromatic N) is 1. The number of hydrogen-bond acceptors (Lipinski definition) is 4. The van der Waals surface area contributed by atoms with Gasteiger partial charge in [-0.25, -0.2) is 0 Å². The first-order chi connectivity index (χ1) is 12.5. The average molecular weight is 359 g/mol. The predicted molar refractivity (Wildman–Crippen MR) is 95.9 cm³/mol. The van der Waals surface area contributed by atoms with Crippen molar-refractivity contribution >= 4 is 17.7 Å². The summed E-state index contributed by atoms with van der Waals surface area (Å²) in [5, 5.41) is 5.85. The zero-order chi connectivity index (χ0) is 18.6. The Morgan fingerprint density at radius 1 is 1.27 bits per heavy atom. The second kappa shape index (κ2) is 7.76. The van der Waals surface area contributed by atoms with Crippen molar-refractivity contribution in [3.05, 3.63) is 29.8 Å². The van der Waals surface area contributed by atoms with Gasteiger partial charge < -0.3 is 20.3 Å². The van der Waals surface area contributed by atoms with Crippen molar-refractivity contribution in [2.75, 3.05) is 26.7 Å². The van der Waals surface area contributed by atoms with E-state index in [-0.39, 0.29) is 29.7 Å². The number of rotatable bonds is 5. The number of carbonyl (C=O) groups is 3. The first-order valence-corrected chi connectivity index (χ1v) is 9.02. The lowest BCUT2D eigenvalue weighted by Gasteiger charge is -2.39. The van der Waals surface area contributed by atoms with Gasteiger partial charge in [0.15, 0.2) is 0 Å². The molecule has 0 unspecified atom stereocenters. The van der Waals surface area contributed by atoms with Crippen LogP contribution in [0.15, 0.2) is 24.3 Å². The molecule has 1 aromatic rings. The summed E-state index contributed by atoms with van der Waals surface area (Å²) in [5.41, 5.74) is 0.405. The number of carbonyl (C=O) groups excluding carboxylic acids is 3. The van der Waals surface area contributed by atoms with Crippen LogP contribution in [0.2, 0.25) is 0 Å². The Labute approximate surface area is 153 Å². The molecule has 2 heterocycles. The highest BCUT2D eigenvalue weighted by Crippen LogP contribution is 2.31. The summed E-state index contributed by atoms with van der Waals surface area (Å²) in [6.07, 6.45) is 3.34. The van der Waals surface area contributed by atoms with Gasteiger partial charge in [0.05, 0.1) is 7.11 Å². The summed E-state index contributed by atoms with van der Waals surface area (Å²) in [6.45, 7) is 1.61. The highest BCUT2D eigenvalue weighted by Gasteiger charge is 2.40. The summed E-state index contributed by atoms with van der Waals surface area (Å²) in [4.78, 5) is 37.8. The smallest absolute Gasteiger partial charge is 0.251 e. The monoisotopic (exact) mass is 359 g/mol. The van der Waals surface area contributed by atoms with Crippen molar-refractivity contribution in [2.24, 2.45) is 0 Å². The minimum Gasteiger partial charge on any atom is -0.497 e. The van der Waals surface area contributed by atoms with Gasteiger partial charge in [-0.2, -0.15) is 0 Å². The van der Waals surface area contributed by atoms with Gasteiger partial charge in [0.2, 0.25) is 11.8 Å². The molecule has 0 atom stereocenters. The summed E-state index contributed by atoms with van der Waals surface area (Å²) >= 11 is 0. The minimum atomic E-state index is -0.219. The van der Waals surface area contributed by atoms with Gasteiger partial charge in [-0.05, 0) is 37.5 Å². The Balaban J connectivity index is 1.42. The Morgan fingerprint density at radius 2 is 2.04 bits per heavy atom. The second-order valence-electron chi connectivity index (χ2n) is 6.95. The normalized spacial score (nSPS) is 18.5. The molecule has 2 aliphatic rings. The number of nitrogens with one attached hydrogen (secondary N) is 2. The maximum atomic E-state index is 12.4. The summed E-state index contributed by atoms with van der Waals surface area (Å²) in [5.74, 6) is 0.554. The van der Waals surface area contributed by atoms with Crippen LogP contribution in [0.25, 0.3) is 0 Å². The molecule has 0 bridgehead atoms. The van der Waals surface area contributed by atoms with E-state index in [1.165, 1.54) is 0 Å². The molecular formula is C19H25N3O4. The van der Waals surface area contributed by atoms with Crippen molar-refractivity contribution in [3.63, 3.8) is 0 Å². The van der Waals surface area contributed by atoms with E-state index in [0.717, 1.165) is 19.3 Å². The van der Waals surface area contributed by atoms with Crippen LogP contribution >= 0.6 is 0 Å². The van der Waals surface area contributed by atoms with Gasteiger partial charge in [-0.3, -0.25) is 14.4 Å². The average Bonchev–Trinajstić information content (AvgIpc) is 3.02. The third kappa shape index (κ3) is 4.15. The molecule has 2 saturated heterocycles. The Bertz CT molecular complexity index is 696. The van der Waals surface area contributed by atoms with Crippen molar-refractivity contribution in [2.45, 2.75) is 37.6 Å². The maximum absolute atomic E-state index is 12.4. The molecule has 1 spiro atoms. The van der Waals surface area contributed by atoms with Gasteiger partial charge in [-0.15, -0.1) is 0 Å². The Morgan fingerprint density at radius 3 is 2.69 bits per heavy atom. The van der Waals surface area contributed by atoms with Crippen LogP contribution < -0.4 is 15.4 Å². The lowest BCUT2D eigenvalue weighted by Crippen LogP contribution is -2.52. The lowest BCUT2D eigenvalue weighted by molar-refractivity contribution is -0.132. The number of hydrogen-bond donors (Lipinski definition) is 2. The number of likely N-dealkylation sites (tertiary alicyclic amines) is 1. The molecule has 2 fully saturated rings. The number of benzene rings is 1. The van der Waals surface area contributed by atoms with E-state index in [0.29, 0.717) is 37.4 Å². The first-order valence-electron chi connectivity index (χ1n) is 9.02. The van der Waals surface area contributed by atoms with Crippen molar-refractivity contribution in [1.82, 2.24) is 15.5 Å². The molecule has 26 heavy (non-hydrogen) atoms. The van der Waals surface area contributed by atoms with E-state index in [9.17, 15) is 14.4 Å². The van der Waals surface area contributed by atoms with Gasteiger partial charge in [-0.1, -0.05) is 6.07 Å². The SMILES string of the molecule is COc1cccc(C(=O)NCCC(=O)N2CCC3(CCC(=O)N3)CC2)c1. The van der Waals surface area contributed by atoms with Crippen molar-refractivity contribution < 1.29 is 19.1 Å². The molecule has 0 aliphatic carbocycles. The fourth-order valence-corrected chi connectivity index (χ4v) is 3.64. The van der Waals surface area contributed by atoms with Gasteiger partial charge in [0, 0.05) is 43.6 Å². The molecule has 7 nitrogen and oxygen atoms in total. The third-order valence-corrected chi connectivity index (χ3v) is 5.26. The number of piperidine rings is 1. The molecule has 7 heteroatoms. The molecule has 0 aromatic heterocycles. The van der Waals surface area contributed by atoms with Gasteiger partial charge >= 0.3 is 0 Å². The fraction of sp³-hybridized carbons (Fsp3) is 0.526. The molecular weight excluding hydrogens is 334 g/mol. The number of amides is 3. The molecule has 2 N–H and O–H groups in total. The Hall–Kier alpha value is -2.57. The van der Waals surface area contributed by atoms with E-state index in [4.69, 9.17) is 4.74 Å². The van der Waals surface area contributed by atoms with E-state index < -0.39 is 0 Å². The van der Waals surface area contributed by atoms with Crippen LogP contribution in [0.1, 0.15) is 42.5 Å². The summed E-state index contributed by atoms with van der Waals surface area (Å²) in [7, 11) is 1.55. The molecule has 1 aromatic carbocycles. The van der Waals surface area contributed by atoms with Crippen LogP contribution in [0.3, 0.4) is 0 Å². The van der Waals surface area contributed by atoms with Gasteiger partial charge in [0.25, 0.3) is 5.91 Å². The third-order valence-electron chi connectivity index (χ3n) is 5.26. The highest BCUT2D eigenvalue weighted by molar-refractivity contribution is 5.94. The molecule has 2 aliphatic heterocycles. The van der Waals surface area contributed by atoms with E-state index in [1.807, 2.05) is 4.90 Å². The largest absolute Gasteiger partial charge is 0.497 e. The highest BCUT2D eigenvalue weighted by atomic mass is 16.5. The first kappa shape index (κ1) is 18.2. The van der Waals surface area contributed by atoms with Crippen LogP contribution in [-0.2, 0) is 9.59 Å². The fourth-order valence-electron chi connectivity index (χ4n) is 3.64. The van der Waals surface area contributed by atoms with Crippen LogP contribution in [0, 0.1) is 0 Å². The quantitative estimate of drug-likeness (QED) is 0.824. The van der Waals surface area contributed by atoms with Crippen LogP contribution in [-0.4, -0.2) is 54.9 Å². The number of methoxy groups -OCH3 is 1. The number of ether oxygens (including phenoxy) is 1. The molecule has 3 amide bonds. The zero-order valence-electron chi connectivity index (χ0n) is 15.0. The summed E-state index contributed by atoms with van der Waals surface area (Å²) < 4.78 is 5.11. The lowest BCUT2D eigenvalue weighted by atomic mass is 9.86. The van der Waals surface area contributed by atoms with Crippen molar-refractivity contribution in [3.8, 4) is 5.75 Å². The predicted octanol–water partition coefficient (Wildman–Crippen LogP) is 1.09. The van der Waals surface area contributed by atoms with E-state index >= 15 is 0 Å². The van der Waals surface area contributed by atoms with Crippen LogP contribution in [0.5, 0.6) is 5.75 Å².